The van der Waals surface area contributed by atoms with Gasteiger partial charge in [0.25, 0.3) is 0 Å². The van der Waals surface area contributed by atoms with E-state index in [-0.39, 0.29) is 11.9 Å². The van der Waals surface area contributed by atoms with E-state index < -0.39 is 17.8 Å². The van der Waals surface area contributed by atoms with Gasteiger partial charge in [-0.05, 0) is 32.3 Å². The summed E-state index contributed by atoms with van der Waals surface area (Å²) in [6.07, 6.45) is 3.10. The van der Waals surface area contributed by atoms with Crippen molar-refractivity contribution in [2.75, 3.05) is 0 Å². The van der Waals surface area contributed by atoms with Gasteiger partial charge < -0.3 is 10.4 Å². The van der Waals surface area contributed by atoms with Crippen molar-refractivity contribution in [1.82, 2.24) is 5.32 Å². The molecule has 0 aromatic heterocycles. The number of hydrogen-bond acceptors (Lipinski definition) is 2. The van der Waals surface area contributed by atoms with Crippen LogP contribution in [0.4, 0.5) is 0 Å². The van der Waals surface area contributed by atoms with Gasteiger partial charge in [0.05, 0.1) is 17.9 Å². The van der Waals surface area contributed by atoms with Crippen LogP contribution in [0.2, 0.25) is 0 Å². The first-order chi connectivity index (χ1) is 9.99. The van der Waals surface area contributed by atoms with Crippen LogP contribution >= 0.6 is 0 Å². The third-order valence-corrected chi connectivity index (χ3v) is 4.32. The molecule has 21 heavy (non-hydrogen) atoms. The molecule has 1 fully saturated rings. The number of carboxylic acid groups (broad SMARTS) is 1. The van der Waals surface area contributed by atoms with Crippen LogP contribution < -0.4 is 5.32 Å². The van der Waals surface area contributed by atoms with Gasteiger partial charge in [-0.25, -0.2) is 0 Å². The van der Waals surface area contributed by atoms with Crippen LogP contribution in [0, 0.1) is 18.8 Å². The minimum atomic E-state index is -0.849. The first kappa shape index (κ1) is 15.5. The minimum Gasteiger partial charge on any atom is -0.481 e. The monoisotopic (exact) mass is 289 g/mol. The number of hydrogen-bond donors (Lipinski definition) is 2. The molecule has 0 spiro atoms. The van der Waals surface area contributed by atoms with Crippen molar-refractivity contribution in [2.45, 2.75) is 45.6 Å². The minimum absolute atomic E-state index is 0.103. The van der Waals surface area contributed by atoms with Gasteiger partial charge in [0.1, 0.15) is 0 Å². The lowest BCUT2D eigenvalue weighted by molar-refractivity contribution is -0.149. The van der Waals surface area contributed by atoms with Gasteiger partial charge in [0.15, 0.2) is 0 Å². The van der Waals surface area contributed by atoms with Gasteiger partial charge in [-0.1, -0.05) is 42.7 Å². The number of amides is 1. The number of benzene rings is 1. The lowest BCUT2D eigenvalue weighted by Gasteiger charge is -2.28. The van der Waals surface area contributed by atoms with Gasteiger partial charge in [-0.3, -0.25) is 9.59 Å². The lowest BCUT2D eigenvalue weighted by Crippen LogP contribution is -2.40. The largest absolute Gasteiger partial charge is 0.481 e. The molecule has 1 aromatic rings. The molecule has 3 atom stereocenters. The van der Waals surface area contributed by atoms with E-state index >= 15 is 0 Å². The second kappa shape index (κ2) is 6.74. The van der Waals surface area contributed by atoms with Crippen LogP contribution in [0.15, 0.2) is 24.3 Å². The quantitative estimate of drug-likeness (QED) is 0.895. The predicted molar refractivity (Wildman–Crippen MR) is 80.8 cm³/mol. The molecular formula is C17H23NO3. The highest BCUT2D eigenvalue weighted by molar-refractivity contribution is 5.85. The van der Waals surface area contributed by atoms with Crippen molar-refractivity contribution in [2.24, 2.45) is 11.8 Å². The van der Waals surface area contributed by atoms with E-state index in [9.17, 15) is 14.7 Å². The highest BCUT2D eigenvalue weighted by Gasteiger charge is 2.36. The number of carbonyl (C=O) groups is 2. The third-order valence-electron chi connectivity index (χ3n) is 4.32. The zero-order valence-electron chi connectivity index (χ0n) is 12.6. The zero-order valence-corrected chi connectivity index (χ0v) is 12.6. The fourth-order valence-electron chi connectivity index (χ4n) is 3.08. The summed E-state index contributed by atoms with van der Waals surface area (Å²) in [7, 11) is 0. The third kappa shape index (κ3) is 3.84. The molecule has 1 amide bonds. The molecule has 1 aliphatic rings. The fraction of sp³-hybridized carbons (Fsp3) is 0.529. The van der Waals surface area contributed by atoms with Gasteiger partial charge in [-0.15, -0.1) is 0 Å². The fourth-order valence-corrected chi connectivity index (χ4v) is 3.08. The van der Waals surface area contributed by atoms with Crippen molar-refractivity contribution in [3.05, 3.63) is 35.4 Å². The highest BCUT2D eigenvalue weighted by atomic mass is 16.4. The Morgan fingerprint density at radius 2 is 1.90 bits per heavy atom. The summed E-state index contributed by atoms with van der Waals surface area (Å²) in [6.45, 7) is 3.95. The Kier molecular flexibility index (Phi) is 4.99. The van der Waals surface area contributed by atoms with Crippen LogP contribution in [0.1, 0.15) is 49.8 Å². The molecule has 2 rings (SSSR count). The number of aryl methyl sites for hydroxylation is 1. The molecule has 1 aliphatic carbocycles. The maximum Gasteiger partial charge on any atom is 0.307 e. The van der Waals surface area contributed by atoms with Crippen molar-refractivity contribution in [3.63, 3.8) is 0 Å². The van der Waals surface area contributed by atoms with Gasteiger partial charge >= 0.3 is 5.97 Å². The summed E-state index contributed by atoms with van der Waals surface area (Å²) in [5.74, 6) is -1.92. The Morgan fingerprint density at radius 3 is 2.52 bits per heavy atom. The summed E-state index contributed by atoms with van der Waals surface area (Å²) in [5, 5.41) is 12.2. The summed E-state index contributed by atoms with van der Waals surface area (Å²) < 4.78 is 0. The van der Waals surface area contributed by atoms with E-state index in [2.05, 4.69) is 5.32 Å². The van der Waals surface area contributed by atoms with Crippen LogP contribution in [0.3, 0.4) is 0 Å². The Labute approximate surface area is 125 Å². The van der Waals surface area contributed by atoms with Crippen molar-refractivity contribution in [1.29, 1.82) is 0 Å². The van der Waals surface area contributed by atoms with E-state index in [1.807, 2.05) is 38.1 Å². The number of carboxylic acids is 1. The topological polar surface area (TPSA) is 66.4 Å². The molecule has 2 unspecified atom stereocenters. The van der Waals surface area contributed by atoms with Crippen molar-refractivity contribution >= 4 is 11.9 Å². The molecule has 1 saturated carbocycles. The van der Waals surface area contributed by atoms with Crippen LogP contribution in [-0.4, -0.2) is 17.0 Å². The first-order valence-corrected chi connectivity index (χ1v) is 7.59. The second-order valence-corrected chi connectivity index (χ2v) is 5.98. The average Bonchev–Trinajstić information content (AvgIpc) is 2.47. The Balaban J connectivity index is 2.04. The Hall–Kier alpha value is -1.84. The Morgan fingerprint density at radius 1 is 1.24 bits per heavy atom. The van der Waals surface area contributed by atoms with E-state index in [1.54, 1.807) is 0 Å². The summed E-state index contributed by atoms with van der Waals surface area (Å²) in [6, 6.07) is 7.90. The van der Waals surface area contributed by atoms with Crippen molar-refractivity contribution in [3.8, 4) is 0 Å². The normalized spacial score (nSPS) is 23.3. The maximum absolute atomic E-state index is 12.4. The molecule has 4 nitrogen and oxygen atoms in total. The van der Waals surface area contributed by atoms with E-state index in [0.717, 1.165) is 24.0 Å². The number of rotatable bonds is 4. The average molecular weight is 289 g/mol. The molecular weight excluding hydrogens is 266 g/mol. The van der Waals surface area contributed by atoms with Crippen LogP contribution in [0.5, 0.6) is 0 Å². The molecule has 4 heteroatoms. The van der Waals surface area contributed by atoms with Gasteiger partial charge in [-0.2, -0.15) is 0 Å². The molecule has 0 saturated heterocycles. The molecule has 0 bridgehead atoms. The van der Waals surface area contributed by atoms with E-state index in [0.29, 0.717) is 12.8 Å². The highest BCUT2D eigenvalue weighted by Crippen LogP contribution is 2.31. The molecule has 114 valence electrons. The molecule has 0 radical (unpaired) electrons. The van der Waals surface area contributed by atoms with Crippen molar-refractivity contribution < 1.29 is 14.7 Å². The zero-order chi connectivity index (χ0) is 15.4. The SMILES string of the molecule is Cc1cccc([C@H](C)NC(=O)C2CCCCC2C(=O)O)c1. The molecule has 2 N–H and O–H groups in total. The van der Waals surface area contributed by atoms with Crippen LogP contribution in [0.25, 0.3) is 0 Å². The number of nitrogens with one attached hydrogen (secondary N) is 1. The maximum atomic E-state index is 12.4. The Bertz CT molecular complexity index is 527. The lowest BCUT2D eigenvalue weighted by atomic mass is 9.78. The van der Waals surface area contributed by atoms with E-state index in [4.69, 9.17) is 0 Å². The van der Waals surface area contributed by atoms with Gasteiger partial charge in [0.2, 0.25) is 5.91 Å². The summed E-state index contributed by atoms with van der Waals surface area (Å²) in [4.78, 5) is 23.7. The van der Waals surface area contributed by atoms with Gasteiger partial charge in [0, 0.05) is 0 Å². The predicted octanol–water partition coefficient (Wildman–Crippen LogP) is 3.06. The second-order valence-electron chi connectivity index (χ2n) is 5.98. The summed E-state index contributed by atoms with van der Waals surface area (Å²) in [5.41, 5.74) is 2.20. The van der Waals surface area contributed by atoms with E-state index in [1.165, 1.54) is 0 Å². The first-order valence-electron chi connectivity index (χ1n) is 7.59. The molecule has 0 aliphatic heterocycles. The van der Waals surface area contributed by atoms with Crippen LogP contribution in [-0.2, 0) is 9.59 Å². The number of carbonyl (C=O) groups excluding carboxylic acids is 1. The standard InChI is InChI=1S/C17H23NO3/c1-11-6-5-7-13(10-11)12(2)18-16(19)14-8-3-4-9-15(14)17(20)21/h5-7,10,12,14-15H,3-4,8-9H2,1-2H3,(H,18,19)(H,20,21)/t12-,14?,15?/m0/s1. The smallest absolute Gasteiger partial charge is 0.307 e. The number of aliphatic carboxylic acids is 1. The summed E-state index contributed by atoms with van der Waals surface area (Å²) >= 11 is 0. The molecule has 0 heterocycles. The molecule has 1 aromatic carbocycles.